The summed E-state index contributed by atoms with van der Waals surface area (Å²) >= 11 is 0. The lowest BCUT2D eigenvalue weighted by atomic mass is 10.2. The Labute approximate surface area is 180 Å². The fourth-order valence-electron chi connectivity index (χ4n) is 3.38. The van der Waals surface area contributed by atoms with Crippen molar-refractivity contribution < 1.29 is 8.63 Å². The summed E-state index contributed by atoms with van der Waals surface area (Å²) in [6.07, 6.45) is 5.97. The van der Waals surface area contributed by atoms with Gasteiger partial charge in [-0.05, 0) is 61.8 Å². The molecule has 0 bridgehead atoms. The Bertz CT molecular complexity index is 829. The van der Waals surface area contributed by atoms with Crippen LogP contribution >= 0.6 is 0 Å². The maximum Gasteiger partial charge on any atom is 0.192 e. The molecule has 156 valence electrons. The summed E-state index contributed by atoms with van der Waals surface area (Å²) in [5.74, 6) is 0. The van der Waals surface area contributed by atoms with E-state index in [0.29, 0.717) is 0 Å². The Morgan fingerprint density at radius 3 is 2.14 bits per heavy atom. The number of benzene rings is 2. The molecule has 2 atom stereocenters. The van der Waals surface area contributed by atoms with Crippen molar-refractivity contribution in [2.45, 2.75) is 63.8 Å². The summed E-state index contributed by atoms with van der Waals surface area (Å²) in [5.41, 5.74) is 2.25. The maximum atomic E-state index is 13.3. The Balaban J connectivity index is 2.34. The third-order valence-corrected chi connectivity index (χ3v) is 11.6. The average Bonchev–Trinajstić information content (AvgIpc) is 2.76. The van der Waals surface area contributed by atoms with Gasteiger partial charge in [0.25, 0.3) is 0 Å². The smallest absolute Gasteiger partial charge is 0.192 e. The average molecular weight is 427 g/mol. The van der Waals surface area contributed by atoms with Crippen LogP contribution in [-0.2, 0) is 15.2 Å². The zero-order valence-corrected chi connectivity index (χ0v) is 20.2. The molecule has 0 aliphatic carbocycles. The van der Waals surface area contributed by atoms with Gasteiger partial charge in [0.2, 0.25) is 0 Å². The van der Waals surface area contributed by atoms with E-state index in [4.69, 9.17) is 4.43 Å². The Morgan fingerprint density at radius 1 is 1.00 bits per heavy atom. The molecule has 29 heavy (non-hydrogen) atoms. The largest absolute Gasteiger partial charge is 0.411 e. The van der Waals surface area contributed by atoms with E-state index in [1.807, 2.05) is 79.7 Å². The third-order valence-electron chi connectivity index (χ3n) is 5.46. The molecule has 0 saturated carbocycles. The minimum atomic E-state index is -1.72. The van der Waals surface area contributed by atoms with Gasteiger partial charge in [0.15, 0.2) is 8.32 Å². The maximum absolute atomic E-state index is 13.3. The first kappa shape index (κ1) is 23.5. The van der Waals surface area contributed by atoms with E-state index in [2.05, 4.69) is 27.7 Å². The van der Waals surface area contributed by atoms with Gasteiger partial charge in [-0.25, -0.2) is 4.21 Å². The number of rotatable bonds is 10. The molecule has 2 aromatic rings. The van der Waals surface area contributed by atoms with Crippen LogP contribution in [0, 0.1) is 6.92 Å². The van der Waals surface area contributed by atoms with Gasteiger partial charge in [-0.1, -0.05) is 74.9 Å². The summed E-state index contributed by atoms with van der Waals surface area (Å²) in [6.45, 7) is 10.8. The lowest BCUT2D eigenvalue weighted by Crippen LogP contribution is -2.38. The minimum absolute atomic E-state index is 0.0636. The van der Waals surface area contributed by atoms with Gasteiger partial charge < -0.3 is 4.43 Å². The van der Waals surface area contributed by atoms with Gasteiger partial charge in [0.1, 0.15) is 0 Å². The van der Waals surface area contributed by atoms with Gasteiger partial charge >= 0.3 is 0 Å². The van der Waals surface area contributed by atoms with Crippen molar-refractivity contribution in [3.63, 3.8) is 0 Å². The van der Waals surface area contributed by atoms with Crippen LogP contribution in [0.2, 0.25) is 18.1 Å². The van der Waals surface area contributed by atoms with Crippen LogP contribution in [-0.4, -0.2) is 18.6 Å². The van der Waals surface area contributed by atoms with Crippen molar-refractivity contribution in [2.75, 3.05) is 0 Å². The normalized spacial score (nSPS) is 14.9. The SMILES string of the molecule is CC[Si](CC)(CC)O[C@@H](C)/C=C(/C=C/c1ccccc1)[S@@](=O)c1ccc(C)cc1. The molecule has 0 aromatic heterocycles. The second-order valence-electron chi connectivity index (χ2n) is 7.46. The van der Waals surface area contributed by atoms with Crippen LogP contribution in [0.25, 0.3) is 6.08 Å². The molecule has 2 rings (SSSR count). The summed E-state index contributed by atoms with van der Waals surface area (Å²) < 4.78 is 19.9. The molecule has 0 heterocycles. The van der Waals surface area contributed by atoms with Gasteiger partial charge in [0, 0.05) is 9.80 Å². The van der Waals surface area contributed by atoms with E-state index in [0.717, 1.165) is 39.1 Å². The lowest BCUT2D eigenvalue weighted by molar-refractivity contribution is 0.252. The molecule has 2 aromatic carbocycles. The highest BCUT2D eigenvalue weighted by Gasteiger charge is 2.30. The summed E-state index contributed by atoms with van der Waals surface area (Å²) in [6, 6.07) is 21.3. The first-order valence-corrected chi connectivity index (χ1v) is 14.2. The van der Waals surface area contributed by atoms with Crippen molar-refractivity contribution in [2.24, 2.45) is 0 Å². The number of hydrogen-bond acceptors (Lipinski definition) is 2. The Morgan fingerprint density at radius 2 is 1.59 bits per heavy atom. The highest BCUT2D eigenvalue weighted by molar-refractivity contribution is 7.89. The summed E-state index contributed by atoms with van der Waals surface area (Å²) in [4.78, 5) is 1.60. The van der Waals surface area contributed by atoms with E-state index in [1.165, 1.54) is 0 Å². The van der Waals surface area contributed by atoms with Gasteiger partial charge in [-0.3, -0.25) is 0 Å². The molecular weight excluding hydrogens is 392 g/mol. The second kappa shape index (κ2) is 11.4. The van der Waals surface area contributed by atoms with E-state index < -0.39 is 19.1 Å². The molecule has 0 radical (unpaired) electrons. The molecule has 4 heteroatoms. The molecule has 0 fully saturated rings. The van der Waals surface area contributed by atoms with Crippen molar-refractivity contribution in [3.05, 3.63) is 82.8 Å². The highest BCUT2D eigenvalue weighted by atomic mass is 32.2. The zero-order valence-electron chi connectivity index (χ0n) is 18.4. The van der Waals surface area contributed by atoms with Gasteiger partial charge in [0.05, 0.1) is 16.9 Å². The topological polar surface area (TPSA) is 26.3 Å². The van der Waals surface area contributed by atoms with E-state index in [1.54, 1.807) is 0 Å². The van der Waals surface area contributed by atoms with Crippen LogP contribution in [0.3, 0.4) is 0 Å². The van der Waals surface area contributed by atoms with E-state index in [9.17, 15) is 4.21 Å². The van der Waals surface area contributed by atoms with Crippen LogP contribution in [0.15, 0.2) is 76.5 Å². The number of hydrogen-bond donors (Lipinski definition) is 0. The first-order valence-electron chi connectivity index (χ1n) is 10.5. The fraction of sp³-hybridized carbons (Fsp3) is 0.360. The van der Waals surface area contributed by atoms with Crippen molar-refractivity contribution in [1.29, 1.82) is 0 Å². The van der Waals surface area contributed by atoms with Crippen LogP contribution in [0.5, 0.6) is 0 Å². The minimum Gasteiger partial charge on any atom is -0.411 e. The predicted molar refractivity (Wildman–Crippen MR) is 129 cm³/mol. The number of aryl methyl sites for hydroxylation is 1. The number of allylic oxidation sites excluding steroid dienone is 1. The monoisotopic (exact) mass is 426 g/mol. The van der Waals surface area contributed by atoms with Crippen molar-refractivity contribution in [3.8, 4) is 0 Å². The lowest BCUT2D eigenvalue weighted by Gasteiger charge is -2.30. The van der Waals surface area contributed by atoms with E-state index in [-0.39, 0.29) is 6.10 Å². The molecule has 0 amide bonds. The van der Waals surface area contributed by atoms with Gasteiger partial charge in [-0.2, -0.15) is 0 Å². The second-order valence-corrected chi connectivity index (χ2v) is 13.7. The van der Waals surface area contributed by atoms with Crippen LogP contribution < -0.4 is 0 Å². The quantitative estimate of drug-likeness (QED) is 0.299. The molecule has 0 saturated heterocycles. The zero-order chi connectivity index (χ0) is 21.3. The molecule has 0 N–H and O–H groups in total. The first-order chi connectivity index (χ1) is 13.9. The molecule has 0 aliphatic rings. The standard InChI is InChI=1S/C25H34O2SSi/c1-6-29(7-2,8-3)27-22(5)20-25(19-16-23-12-10-9-11-13-23)28(26)24-17-14-21(4)15-18-24/h9-20,22H,6-8H2,1-5H3/b19-16+,25-20-/t22-,28-/m0/s1. The molecular formula is C25H34O2SSi. The Hall–Kier alpha value is -1.75. The van der Waals surface area contributed by atoms with E-state index >= 15 is 0 Å². The summed E-state index contributed by atoms with van der Waals surface area (Å²) in [7, 11) is -2.97. The third kappa shape index (κ3) is 6.91. The van der Waals surface area contributed by atoms with Gasteiger partial charge in [-0.15, -0.1) is 0 Å². The fourth-order valence-corrected chi connectivity index (χ4v) is 7.40. The molecule has 0 spiro atoms. The highest BCUT2D eigenvalue weighted by Crippen LogP contribution is 2.25. The van der Waals surface area contributed by atoms with Crippen LogP contribution in [0.4, 0.5) is 0 Å². The van der Waals surface area contributed by atoms with Crippen LogP contribution in [0.1, 0.15) is 38.8 Å². The van der Waals surface area contributed by atoms with Crippen molar-refractivity contribution >= 4 is 25.2 Å². The summed E-state index contributed by atoms with van der Waals surface area (Å²) in [5, 5.41) is 0. The molecule has 0 aliphatic heterocycles. The molecule has 0 unspecified atom stereocenters. The Kier molecular flexibility index (Phi) is 9.28. The predicted octanol–water partition coefficient (Wildman–Crippen LogP) is 7.11. The molecule has 2 nitrogen and oxygen atoms in total. The van der Waals surface area contributed by atoms with Crippen molar-refractivity contribution in [1.82, 2.24) is 0 Å².